The molecular weight excluding hydrogens is 233 g/mol. The van der Waals surface area contributed by atoms with Gasteiger partial charge in [0, 0.05) is 0 Å². The number of amides is 1. The maximum atomic E-state index is 12.9. The van der Waals surface area contributed by atoms with Gasteiger partial charge in [-0.3, -0.25) is 9.63 Å². The van der Waals surface area contributed by atoms with Crippen molar-refractivity contribution in [1.82, 2.24) is 5.48 Å². The molecule has 0 atom stereocenters. The summed E-state index contributed by atoms with van der Waals surface area (Å²) in [6.45, 7) is 4.52. The van der Waals surface area contributed by atoms with Crippen molar-refractivity contribution in [3.8, 4) is 0 Å². The SMILES string of the molecule is CC(C)CONC(=O)C1(c2ccc(F)cc2)CC1. The third kappa shape index (κ3) is 2.70. The zero-order valence-corrected chi connectivity index (χ0v) is 10.7. The van der Waals surface area contributed by atoms with Gasteiger partial charge in [-0.2, -0.15) is 0 Å². The van der Waals surface area contributed by atoms with Crippen LogP contribution in [0.5, 0.6) is 0 Å². The number of nitrogens with one attached hydrogen (secondary N) is 1. The van der Waals surface area contributed by atoms with E-state index in [4.69, 9.17) is 4.84 Å². The molecule has 0 spiro atoms. The minimum absolute atomic E-state index is 0.130. The largest absolute Gasteiger partial charge is 0.273 e. The van der Waals surface area contributed by atoms with E-state index in [1.54, 1.807) is 12.1 Å². The standard InChI is InChI=1S/C14H18FNO2/c1-10(2)9-18-16-13(17)14(7-8-14)11-3-5-12(15)6-4-11/h3-6,10H,7-9H2,1-2H3,(H,16,17). The van der Waals surface area contributed by atoms with Crippen LogP contribution >= 0.6 is 0 Å². The third-order valence-corrected chi connectivity index (χ3v) is 3.16. The fraction of sp³-hybridized carbons (Fsp3) is 0.500. The van der Waals surface area contributed by atoms with Gasteiger partial charge in [-0.25, -0.2) is 9.87 Å². The molecule has 3 nitrogen and oxygen atoms in total. The summed E-state index contributed by atoms with van der Waals surface area (Å²) in [7, 11) is 0. The zero-order valence-electron chi connectivity index (χ0n) is 10.7. The van der Waals surface area contributed by atoms with Crippen molar-refractivity contribution < 1.29 is 14.0 Å². The quantitative estimate of drug-likeness (QED) is 0.817. The lowest BCUT2D eigenvalue weighted by Gasteiger charge is -2.16. The lowest BCUT2D eigenvalue weighted by Crippen LogP contribution is -2.35. The van der Waals surface area contributed by atoms with E-state index in [9.17, 15) is 9.18 Å². The Labute approximate surface area is 106 Å². The van der Waals surface area contributed by atoms with Crippen LogP contribution in [0.3, 0.4) is 0 Å². The van der Waals surface area contributed by atoms with Gasteiger partial charge in [0.1, 0.15) is 5.82 Å². The van der Waals surface area contributed by atoms with E-state index < -0.39 is 5.41 Å². The summed E-state index contributed by atoms with van der Waals surface area (Å²) in [4.78, 5) is 17.2. The van der Waals surface area contributed by atoms with Crippen LogP contribution in [0.1, 0.15) is 32.3 Å². The third-order valence-electron chi connectivity index (χ3n) is 3.16. The second kappa shape index (κ2) is 5.06. The molecule has 2 rings (SSSR count). The van der Waals surface area contributed by atoms with E-state index in [1.165, 1.54) is 12.1 Å². The average Bonchev–Trinajstić information content (AvgIpc) is 3.10. The first kappa shape index (κ1) is 13.0. The minimum Gasteiger partial charge on any atom is -0.273 e. The van der Waals surface area contributed by atoms with Gasteiger partial charge in [0.2, 0.25) is 0 Å². The van der Waals surface area contributed by atoms with Crippen LogP contribution in [0, 0.1) is 11.7 Å². The van der Waals surface area contributed by atoms with Crippen LogP contribution in [-0.2, 0) is 15.0 Å². The average molecular weight is 251 g/mol. The van der Waals surface area contributed by atoms with E-state index in [1.807, 2.05) is 13.8 Å². The molecule has 1 amide bonds. The van der Waals surface area contributed by atoms with E-state index in [2.05, 4.69) is 5.48 Å². The lowest BCUT2D eigenvalue weighted by atomic mass is 9.95. The van der Waals surface area contributed by atoms with Crippen LogP contribution in [0.15, 0.2) is 24.3 Å². The minimum atomic E-state index is -0.509. The molecule has 0 heterocycles. The Kier molecular flexibility index (Phi) is 3.66. The highest BCUT2D eigenvalue weighted by Gasteiger charge is 2.51. The molecule has 0 saturated heterocycles. The van der Waals surface area contributed by atoms with Crippen molar-refractivity contribution in [2.24, 2.45) is 5.92 Å². The molecule has 1 aliphatic carbocycles. The first-order valence-corrected chi connectivity index (χ1v) is 6.23. The summed E-state index contributed by atoms with van der Waals surface area (Å²) in [6, 6.07) is 6.12. The number of hydroxylamine groups is 1. The van der Waals surface area contributed by atoms with Crippen molar-refractivity contribution in [2.45, 2.75) is 32.1 Å². The summed E-state index contributed by atoms with van der Waals surface area (Å²) in [5.74, 6) is -0.0490. The van der Waals surface area contributed by atoms with E-state index in [0.29, 0.717) is 12.5 Å². The fourth-order valence-corrected chi connectivity index (χ4v) is 1.91. The summed E-state index contributed by atoms with van der Waals surface area (Å²) in [5, 5.41) is 0. The molecule has 1 aromatic carbocycles. The van der Waals surface area contributed by atoms with Gasteiger partial charge < -0.3 is 0 Å². The summed E-state index contributed by atoms with van der Waals surface area (Å²) >= 11 is 0. The number of halogens is 1. The lowest BCUT2D eigenvalue weighted by molar-refractivity contribution is -0.137. The summed E-state index contributed by atoms with van der Waals surface area (Å²) < 4.78 is 12.9. The Balaban J connectivity index is 1.98. The molecule has 1 aromatic rings. The Morgan fingerprint density at radius 1 is 1.39 bits per heavy atom. The monoisotopic (exact) mass is 251 g/mol. The molecule has 0 bridgehead atoms. The molecule has 0 aliphatic heterocycles. The maximum Gasteiger partial charge on any atom is 0.254 e. The normalized spacial score (nSPS) is 16.7. The molecule has 1 fully saturated rings. The Morgan fingerprint density at radius 3 is 2.50 bits per heavy atom. The predicted octanol–water partition coefficient (Wildman–Crippen LogP) is 2.56. The van der Waals surface area contributed by atoms with E-state index >= 15 is 0 Å². The molecule has 0 radical (unpaired) electrons. The van der Waals surface area contributed by atoms with Gasteiger partial charge in [0.05, 0.1) is 12.0 Å². The number of hydrogen-bond donors (Lipinski definition) is 1. The highest BCUT2D eigenvalue weighted by Crippen LogP contribution is 2.48. The van der Waals surface area contributed by atoms with Crippen LogP contribution in [0.25, 0.3) is 0 Å². The highest BCUT2D eigenvalue weighted by atomic mass is 19.1. The Morgan fingerprint density at radius 2 is 2.00 bits per heavy atom. The highest BCUT2D eigenvalue weighted by molar-refractivity contribution is 5.90. The molecule has 18 heavy (non-hydrogen) atoms. The van der Waals surface area contributed by atoms with Gasteiger partial charge >= 0.3 is 0 Å². The van der Waals surface area contributed by atoms with Crippen LogP contribution in [0.4, 0.5) is 4.39 Å². The smallest absolute Gasteiger partial charge is 0.254 e. The van der Waals surface area contributed by atoms with Crippen molar-refractivity contribution in [2.75, 3.05) is 6.61 Å². The van der Waals surface area contributed by atoms with Gasteiger partial charge in [0.15, 0.2) is 0 Å². The Bertz CT molecular complexity index is 424. The summed E-state index contributed by atoms with van der Waals surface area (Å²) in [6.07, 6.45) is 1.57. The van der Waals surface area contributed by atoms with E-state index in [-0.39, 0.29) is 11.7 Å². The number of benzene rings is 1. The number of rotatable bonds is 5. The van der Waals surface area contributed by atoms with E-state index in [0.717, 1.165) is 18.4 Å². The second-order valence-electron chi connectivity index (χ2n) is 5.23. The van der Waals surface area contributed by atoms with Gasteiger partial charge in [-0.05, 0) is 36.5 Å². The Hall–Kier alpha value is -1.42. The molecule has 4 heteroatoms. The van der Waals surface area contributed by atoms with Crippen molar-refractivity contribution in [1.29, 1.82) is 0 Å². The van der Waals surface area contributed by atoms with Crippen LogP contribution in [-0.4, -0.2) is 12.5 Å². The number of carbonyl (C=O) groups excluding carboxylic acids is 1. The molecule has 98 valence electrons. The molecular formula is C14H18FNO2. The zero-order chi connectivity index (χ0) is 13.2. The van der Waals surface area contributed by atoms with Gasteiger partial charge in [-0.15, -0.1) is 0 Å². The second-order valence-corrected chi connectivity index (χ2v) is 5.23. The van der Waals surface area contributed by atoms with Crippen molar-refractivity contribution in [3.05, 3.63) is 35.6 Å². The predicted molar refractivity (Wildman–Crippen MR) is 66.2 cm³/mol. The fourth-order valence-electron chi connectivity index (χ4n) is 1.91. The van der Waals surface area contributed by atoms with Crippen LogP contribution < -0.4 is 5.48 Å². The molecule has 0 unspecified atom stereocenters. The number of carbonyl (C=O) groups is 1. The topological polar surface area (TPSA) is 38.3 Å². The maximum absolute atomic E-state index is 12.9. The molecule has 1 N–H and O–H groups in total. The molecule has 1 aliphatic rings. The number of hydrogen-bond acceptors (Lipinski definition) is 2. The van der Waals surface area contributed by atoms with Gasteiger partial charge in [-0.1, -0.05) is 26.0 Å². The molecule has 1 saturated carbocycles. The first-order valence-electron chi connectivity index (χ1n) is 6.23. The van der Waals surface area contributed by atoms with Crippen molar-refractivity contribution >= 4 is 5.91 Å². The van der Waals surface area contributed by atoms with Gasteiger partial charge in [0.25, 0.3) is 5.91 Å². The van der Waals surface area contributed by atoms with Crippen molar-refractivity contribution in [3.63, 3.8) is 0 Å². The first-order chi connectivity index (χ1) is 8.54. The summed E-state index contributed by atoms with van der Waals surface area (Å²) in [5.41, 5.74) is 2.84. The molecule has 0 aromatic heterocycles. The van der Waals surface area contributed by atoms with Crippen LogP contribution in [0.2, 0.25) is 0 Å².